The lowest BCUT2D eigenvalue weighted by Gasteiger charge is -2.16. The molecular formula is C17H17ClN2O2. The Balaban J connectivity index is 1.53. The average Bonchev–Trinajstić information content (AvgIpc) is 3.04. The number of hydrogen-bond acceptors (Lipinski definition) is 3. The van der Waals surface area contributed by atoms with Gasteiger partial charge in [0.2, 0.25) is 0 Å². The van der Waals surface area contributed by atoms with Crippen LogP contribution in [0.1, 0.15) is 23.6 Å². The Hall–Kier alpha value is -2.07. The molecule has 4 nitrogen and oxygen atoms in total. The molecule has 0 radical (unpaired) electrons. The van der Waals surface area contributed by atoms with Crippen LogP contribution in [0.2, 0.25) is 5.02 Å². The molecule has 5 heteroatoms. The molecule has 0 saturated carbocycles. The summed E-state index contributed by atoms with van der Waals surface area (Å²) in [5.74, 6) is 0.251. The van der Waals surface area contributed by atoms with Crippen molar-refractivity contribution in [2.75, 3.05) is 13.1 Å². The summed E-state index contributed by atoms with van der Waals surface area (Å²) in [7, 11) is 0. The van der Waals surface area contributed by atoms with E-state index in [-0.39, 0.29) is 12.0 Å². The summed E-state index contributed by atoms with van der Waals surface area (Å²) in [5.41, 5.74) is 1.97. The molecule has 1 aliphatic rings. The van der Waals surface area contributed by atoms with E-state index in [2.05, 4.69) is 4.98 Å². The number of rotatable bonds is 3. The second kappa shape index (κ2) is 6.79. The zero-order valence-electron chi connectivity index (χ0n) is 12.1. The van der Waals surface area contributed by atoms with Crippen LogP contribution in [0.3, 0.4) is 0 Å². The van der Waals surface area contributed by atoms with E-state index in [1.165, 1.54) is 0 Å². The van der Waals surface area contributed by atoms with Gasteiger partial charge in [-0.25, -0.2) is 4.79 Å². The van der Waals surface area contributed by atoms with Crippen molar-refractivity contribution in [3.05, 3.63) is 64.9 Å². The smallest absolute Gasteiger partial charge is 0.410 e. The van der Waals surface area contributed by atoms with Gasteiger partial charge < -0.3 is 9.64 Å². The highest BCUT2D eigenvalue weighted by atomic mass is 35.5. The van der Waals surface area contributed by atoms with Crippen LogP contribution < -0.4 is 0 Å². The third-order valence-corrected chi connectivity index (χ3v) is 4.04. The summed E-state index contributed by atoms with van der Waals surface area (Å²) in [6.07, 6.45) is 2.28. The van der Waals surface area contributed by atoms with E-state index in [9.17, 15) is 4.79 Å². The molecule has 0 bridgehead atoms. The SMILES string of the molecule is O=C(OCc1ccccc1)N1CCC(c2ccc(Cl)cn2)C1. The first kappa shape index (κ1) is 14.9. The van der Waals surface area contributed by atoms with Gasteiger partial charge in [-0.3, -0.25) is 4.98 Å². The van der Waals surface area contributed by atoms with Crippen molar-refractivity contribution in [3.8, 4) is 0 Å². The predicted molar refractivity (Wildman–Crippen MR) is 84.8 cm³/mol. The second-order valence-electron chi connectivity index (χ2n) is 5.37. The molecule has 1 amide bonds. The van der Waals surface area contributed by atoms with Gasteiger partial charge in [-0.2, -0.15) is 0 Å². The van der Waals surface area contributed by atoms with Crippen molar-refractivity contribution in [1.29, 1.82) is 0 Å². The molecular weight excluding hydrogens is 300 g/mol. The van der Waals surface area contributed by atoms with Crippen LogP contribution in [-0.4, -0.2) is 29.1 Å². The number of carbonyl (C=O) groups excluding carboxylic acids is 1. The van der Waals surface area contributed by atoms with E-state index in [1.54, 1.807) is 11.1 Å². The van der Waals surface area contributed by atoms with E-state index in [0.29, 0.717) is 24.7 Å². The number of benzene rings is 1. The van der Waals surface area contributed by atoms with Crippen LogP contribution >= 0.6 is 11.6 Å². The first-order valence-electron chi connectivity index (χ1n) is 7.29. The average molecular weight is 317 g/mol. The molecule has 1 aromatic carbocycles. The van der Waals surface area contributed by atoms with Gasteiger partial charge in [-0.15, -0.1) is 0 Å². The van der Waals surface area contributed by atoms with Crippen LogP contribution in [-0.2, 0) is 11.3 Å². The van der Waals surface area contributed by atoms with Crippen LogP contribution in [0, 0.1) is 0 Å². The van der Waals surface area contributed by atoms with Gasteiger partial charge >= 0.3 is 6.09 Å². The van der Waals surface area contributed by atoms with Gasteiger partial charge in [0.05, 0.1) is 5.02 Å². The Bertz CT molecular complexity index is 631. The summed E-state index contributed by atoms with van der Waals surface area (Å²) in [6.45, 7) is 1.64. The molecule has 1 aromatic heterocycles. The standard InChI is InChI=1S/C17H17ClN2O2/c18-15-6-7-16(19-10-15)14-8-9-20(11-14)17(21)22-12-13-4-2-1-3-5-13/h1-7,10,14H,8-9,11-12H2. The highest BCUT2D eigenvalue weighted by molar-refractivity contribution is 6.30. The van der Waals surface area contributed by atoms with Crippen molar-refractivity contribution >= 4 is 17.7 Å². The van der Waals surface area contributed by atoms with Crippen molar-refractivity contribution in [2.24, 2.45) is 0 Å². The molecule has 2 aromatic rings. The Labute approximate surface area is 134 Å². The van der Waals surface area contributed by atoms with Gasteiger partial charge in [-0.05, 0) is 24.1 Å². The first-order chi connectivity index (χ1) is 10.7. The number of halogens is 1. The summed E-state index contributed by atoms with van der Waals surface area (Å²) >= 11 is 5.85. The van der Waals surface area contributed by atoms with Crippen LogP contribution in [0.4, 0.5) is 4.79 Å². The summed E-state index contributed by atoms with van der Waals surface area (Å²) in [5, 5.41) is 0.626. The van der Waals surface area contributed by atoms with Gasteiger partial charge in [0.25, 0.3) is 0 Å². The molecule has 114 valence electrons. The Morgan fingerprint density at radius 2 is 2.09 bits per heavy atom. The highest BCUT2D eigenvalue weighted by Crippen LogP contribution is 2.26. The van der Waals surface area contributed by atoms with Crippen LogP contribution in [0.15, 0.2) is 48.7 Å². The van der Waals surface area contributed by atoms with Gasteiger partial charge in [0.1, 0.15) is 6.61 Å². The molecule has 3 rings (SSSR count). The van der Waals surface area contributed by atoms with E-state index < -0.39 is 0 Å². The monoisotopic (exact) mass is 316 g/mol. The van der Waals surface area contributed by atoms with Crippen LogP contribution in [0.5, 0.6) is 0 Å². The van der Waals surface area contributed by atoms with E-state index >= 15 is 0 Å². The molecule has 0 spiro atoms. The number of ether oxygens (including phenoxy) is 1. The van der Waals surface area contributed by atoms with Crippen molar-refractivity contribution in [1.82, 2.24) is 9.88 Å². The predicted octanol–water partition coefficient (Wildman–Crippen LogP) is 3.86. The number of nitrogens with zero attached hydrogens (tertiary/aromatic N) is 2. The summed E-state index contributed by atoms with van der Waals surface area (Å²) in [6, 6.07) is 13.4. The molecule has 1 saturated heterocycles. The quantitative estimate of drug-likeness (QED) is 0.863. The minimum absolute atomic E-state index is 0.251. The topological polar surface area (TPSA) is 42.4 Å². The van der Waals surface area contributed by atoms with Gasteiger partial charge in [0.15, 0.2) is 0 Å². The second-order valence-corrected chi connectivity index (χ2v) is 5.81. The van der Waals surface area contributed by atoms with E-state index in [0.717, 1.165) is 17.7 Å². The molecule has 1 fully saturated rings. The molecule has 2 heterocycles. The van der Waals surface area contributed by atoms with Crippen molar-refractivity contribution in [2.45, 2.75) is 18.9 Å². The van der Waals surface area contributed by atoms with Crippen molar-refractivity contribution < 1.29 is 9.53 Å². The molecule has 0 aliphatic carbocycles. The number of hydrogen-bond donors (Lipinski definition) is 0. The Kier molecular flexibility index (Phi) is 4.59. The normalized spacial score (nSPS) is 17.5. The third-order valence-electron chi connectivity index (χ3n) is 3.82. The van der Waals surface area contributed by atoms with Crippen molar-refractivity contribution in [3.63, 3.8) is 0 Å². The number of carbonyl (C=O) groups is 1. The lowest BCUT2D eigenvalue weighted by molar-refractivity contribution is 0.104. The maximum absolute atomic E-state index is 12.1. The van der Waals surface area contributed by atoms with Gasteiger partial charge in [-0.1, -0.05) is 41.9 Å². The number of aromatic nitrogens is 1. The molecule has 1 aliphatic heterocycles. The fourth-order valence-electron chi connectivity index (χ4n) is 2.61. The molecule has 22 heavy (non-hydrogen) atoms. The summed E-state index contributed by atoms with van der Waals surface area (Å²) < 4.78 is 5.36. The maximum atomic E-state index is 12.1. The lowest BCUT2D eigenvalue weighted by atomic mass is 10.0. The Morgan fingerprint density at radius 1 is 1.27 bits per heavy atom. The number of amides is 1. The lowest BCUT2D eigenvalue weighted by Crippen LogP contribution is -2.29. The van der Waals surface area contributed by atoms with E-state index in [1.807, 2.05) is 42.5 Å². The van der Waals surface area contributed by atoms with Crippen LogP contribution in [0.25, 0.3) is 0 Å². The number of pyridine rings is 1. The first-order valence-corrected chi connectivity index (χ1v) is 7.67. The minimum Gasteiger partial charge on any atom is -0.445 e. The fourth-order valence-corrected chi connectivity index (χ4v) is 2.72. The minimum atomic E-state index is -0.264. The van der Waals surface area contributed by atoms with E-state index in [4.69, 9.17) is 16.3 Å². The highest BCUT2D eigenvalue weighted by Gasteiger charge is 2.29. The third kappa shape index (κ3) is 3.57. The zero-order chi connectivity index (χ0) is 15.4. The Morgan fingerprint density at radius 3 is 2.82 bits per heavy atom. The van der Waals surface area contributed by atoms with Gasteiger partial charge in [0, 0.05) is 30.9 Å². The largest absolute Gasteiger partial charge is 0.445 e. The maximum Gasteiger partial charge on any atom is 0.410 e. The fraction of sp³-hybridized carbons (Fsp3) is 0.294. The molecule has 0 N–H and O–H groups in total. The molecule has 1 unspecified atom stereocenters. The molecule has 1 atom stereocenters. The summed E-state index contributed by atoms with van der Waals surface area (Å²) in [4.78, 5) is 18.2. The zero-order valence-corrected chi connectivity index (χ0v) is 12.9. The number of likely N-dealkylation sites (tertiary alicyclic amines) is 1.